The van der Waals surface area contributed by atoms with Crippen LogP contribution in [0.15, 0.2) is 18.2 Å². The molecule has 1 aromatic carbocycles. The van der Waals surface area contributed by atoms with Crippen LogP contribution in [0.3, 0.4) is 0 Å². The second-order valence-corrected chi connectivity index (χ2v) is 3.12. The summed E-state index contributed by atoms with van der Waals surface area (Å²) < 4.78 is 4.73. The van der Waals surface area contributed by atoms with Crippen molar-refractivity contribution in [1.29, 1.82) is 0 Å². The van der Waals surface area contributed by atoms with E-state index in [1.165, 1.54) is 6.92 Å². The number of rotatable bonds is 3. The van der Waals surface area contributed by atoms with E-state index in [0.29, 0.717) is 11.1 Å². The highest BCUT2D eigenvalue weighted by Gasteiger charge is 2.16. The minimum absolute atomic E-state index is 0.0127. The molecule has 5 heteroatoms. The lowest BCUT2D eigenvalue weighted by Crippen LogP contribution is -2.03. The first-order valence-electron chi connectivity index (χ1n) is 4.38. The standard InChI is InChI=1S/C10H11NO4/c1-7-4-3-5-9(6-15-8(2)12)10(7)11(13)14/h3-5H,6H2,1-2H3. The van der Waals surface area contributed by atoms with Gasteiger partial charge in [0.15, 0.2) is 0 Å². The highest BCUT2D eigenvalue weighted by atomic mass is 16.6. The van der Waals surface area contributed by atoms with Crippen molar-refractivity contribution in [3.05, 3.63) is 39.4 Å². The molecule has 80 valence electrons. The molecule has 0 unspecified atom stereocenters. The minimum Gasteiger partial charge on any atom is -0.461 e. The SMILES string of the molecule is CC(=O)OCc1cccc(C)c1[N+](=O)[O-]. The van der Waals surface area contributed by atoms with Crippen LogP contribution in [0.4, 0.5) is 5.69 Å². The lowest BCUT2D eigenvalue weighted by molar-refractivity contribution is -0.386. The van der Waals surface area contributed by atoms with Crippen LogP contribution in [0.5, 0.6) is 0 Å². The molecule has 5 nitrogen and oxygen atoms in total. The Hall–Kier alpha value is -1.91. The minimum atomic E-state index is -0.464. The third-order valence-electron chi connectivity index (χ3n) is 1.93. The molecule has 0 fully saturated rings. The quantitative estimate of drug-likeness (QED) is 0.433. The predicted molar refractivity (Wildman–Crippen MR) is 53.3 cm³/mol. The van der Waals surface area contributed by atoms with E-state index < -0.39 is 10.9 Å². The molecule has 1 rings (SSSR count). The normalized spacial score (nSPS) is 9.73. The van der Waals surface area contributed by atoms with Gasteiger partial charge < -0.3 is 4.74 Å². The lowest BCUT2D eigenvalue weighted by Gasteiger charge is -2.04. The van der Waals surface area contributed by atoms with Crippen molar-refractivity contribution >= 4 is 11.7 Å². The van der Waals surface area contributed by atoms with E-state index in [4.69, 9.17) is 4.74 Å². The molecule has 0 heterocycles. The van der Waals surface area contributed by atoms with E-state index in [1.54, 1.807) is 25.1 Å². The largest absolute Gasteiger partial charge is 0.461 e. The Kier molecular flexibility index (Phi) is 3.38. The topological polar surface area (TPSA) is 69.4 Å². The Labute approximate surface area is 86.8 Å². The van der Waals surface area contributed by atoms with E-state index >= 15 is 0 Å². The number of ether oxygens (including phenoxy) is 1. The van der Waals surface area contributed by atoms with Gasteiger partial charge >= 0.3 is 5.97 Å². The molecule has 0 spiro atoms. The first-order chi connectivity index (χ1) is 7.02. The maximum atomic E-state index is 10.8. The number of nitro groups is 1. The molecule has 0 saturated heterocycles. The maximum absolute atomic E-state index is 10.8. The summed E-state index contributed by atoms with van der Waals surface area (Å²) in [5.74, 6) is -0.453. The molecular formula is C10H11NO4. The van der Waals surface area contributed by atoms with Crippen LogP contribution in [0, 0.1) is 17.0 Å². The molecule has 0 amide bonds. The van der Waals surface area contributed by atoms with E-state index in [2.05, 4.69) is 0 Å². The summed E-state index contributed by atoms with van der Waals surface area (Å²) in [6.07, 6.45) is 0. The summed E-state index contributed by atoms with van der Waals surface area (Å²) in [6, 6.07) is 4.92. The number of hydrogen-bond donors (Lipinski definition) is 0. The number of aryl methyl sites for hydroxylation is 1. The van der Waals surface area contributed by atoms with Crippen molar-refractivity contribution in [3.8, 4) is 0 Å². The van der Waals surface area contributed by atoms with Gasteiger partial charge in [-0.2, -0.15) is 0 Å². The number of carbonyl (C=O) groups excluding carboxylic acids is 1. The molecule has 0 radical (unpaired) electrons. The van der Waals surface area contributed by atoms with Gasteiger partial charge in [0, 0.05) is 12.5 Å². The predicted octanol–water partition coefficient (Wildman–Crippen LogP) is 1.97. The van der Waals surface area contributed by atoms with Crippen molar-refractivity contribution in [2.75, 3.05) is 0 Å². The summed E-state index contributed by atoms with van der Waals surface area (Å²) in [7, 11) is 0. The van der Waals surface area contributed by atoms with Crippen molar-refractivity contribution in [2.45, 2.75) is 20.5 Å². The number of carbonyl (C=O) groups is 1. The first-order valence-corrected chi connectivity index (χ1v) is 4.38. The zero-order chi connectivity index (χ0) is 11.4. The molecule has 1 aromatic rings. The van der Waals surface area contributed by atoms with Gasteiger partial charge in [-0.25, -0.2) is 0 Å². The molecule has 0 aliphatic rings. The zero-order valence-corrected chi connectivity index (χ0v) is 8.52. The van der Waals surface area contributed by atoms with E-state index in [1.807, 2.05) is 0 Å². The molecule has 0 aromatic heterocycles. The summed E-state index contributed by atoms with van der Waals surface area (Å²) >= 11 is 0. The van der Waals surface area contributed by atoms with Crippen molar-refractivity contribution in [1.82, 2.24) is 0 Å². The third-order valence-corrected chi connectivity index (χ3v) is 1.93. The van der Waals surface area contributed by atoms with Gasteiger partial charge in [-0.3, -0.25) is 14.9 Å². The van der Waals surface area contributed by atoms with Gasteiger partial charge in [-0.05, 0) is 13.0 Å². The summed E-state index contributed by atoms with van der Waals surface area (Å²) in [5, 5.41) is 10.8. The second-order valence-electron chi connectivity index (χ2n) is 3.12. The molecule has 0 N–H and O–H groups in total. The van der Waals surface area contributed by atoms with Crippen LogP contribution in [0.1, 0.15) is 18.1 Å². The first kappa shape index (κ1) is 11.2. The number of nitrogens with zero attached hydrogens (tertiary/aromatic N) is 1. The van der Waals surface area contributed by atoms with Crippen molar-refractivity contribution in [3.63, 3.8) is 0 Å². The van der Waals surface area contributed by atoms with E-state index in [9.17, 15) is 14.9 Å². The molecular weight excluding hydrogens is 198 g/mol. The lowest BCUT2D eigenvalue weighted by atomic mass is 10.1. The molecule has 0 aliphatic carbocycles. The van der Waals surface area contributed by atoms with Crippen LogP contribution in [-0.2, 0) is 16.1 Å². The van der Waals surface area contributed by atoms with E-state index in [0.717, 1.165) is 0 Å². The van der Waals surface area contributed by atoms with Gasteiger partial charge in [0.05, 0.1) is 10.5 Å². The van der Waals surface area contributed by atoms with Crippen molar-refractivity contribution in [2.24, 2.45) is 0 Å². The van der Waals surface area contributed by atoms with Gasteiger partial charge in [-0.1, -0.05) is 12.1 Å². The highest BCUT2D eigenvalue weighted by Crippen LogP contribution is 2.23. The Morgan fingerprint density at radius 1 is 1.53 bits per heavy atom. The Morgan fingerprint density at radius 2 is 2.20 bits per heavy atom. The number of esters is 1. The molecule has 0 bridgehead atoms. The molecule has 0 saturated carbocycles. The van der Waals surface area contributed by atoms with Crippen molar-refractivity contribution < 1.29 is 14.5 Å². The Morgan fingerprint density at radius 3 is 2.73 bits per heavy atom. The van der Waals surface area contributed by atoms with Gasteiger partial charge in [0.2, 0.25) is 0 Å². The monoisotopic (exact) mass is 209 g/mol. The third kappa shape index (κ3) is 2.77. The molecule has 0 aliphatic heterocycles. The van der Waals surface area contributed by atoms with Gasteiger partial charge in [0.25, 0.3) is 5.69 Å². The summed E-state index contributed by atoms with van der Waals surface area (Å²) in [5.41, 5.74) is 0.985. The fourth-order valence-electron chi connectivity index (χ4n) is 1.28. The van der Waals surface area contributed by atoms with Crippen LogP contribution in [0.25, 0.3) is 0 Å². The number of para-hydroxylation sites is 1. The Balaban J connectivity index is 3.01. The van der Waals surface area contributed by atoms with Crippen LogP contribution < -0.4 is 0 Å². The maximum Gasteiger partial charge on any atom is 0.302 e. The number of nitro benzene ring substituents is 1. The number of hydrogen-bond acceptors (Lipinski definition) is 4. The van der Waals surface area contributed by atoms with Crippen LogP contribution >= 0.6 is 0 Å². The summed E-state index contributed by atoms with van der Waals surface area (Å²) in [6.45, 7) is 2.85. The molecule has 15 heavy (non-hydrogen) atoms. The molecule has 0 atom stereocenters. The summed E-state index contributed by atoms with van der Waals surface area (Å²) in [4.78, 5) is 20.9. The smallest absolute Gasteiger partial charge is 0.302 e. The average Bonchev–Trinajstić information content (AvgIpc) is 2.13. The van der Waals surface area contributed by atoms with Gasteiger partial charge in [0.1, 0.15) is 6.61 Å². The number of benzene rings is 1. The van der Waals surface area contributed by atoms with Crippen LogP contribution in [0.2, 0.25) is 0 Å². The van der Waals surface area contributed by atoms with Crippen LogP contribution in [-0.4, -0.2) is 10.9 Å². The average molecular weight is 209 g/mol. The fourth-order valence-corrected chi connectivity index (χ4v) is 1.28. The second kappa shape index (κ2) is 4.54. The van der Waals surface area contributed by atoms with E-state index in [-0.39, 0.29) is 12.3 Å². The fraction of sp³-hybridized carbons (Fsp3) is 0.300. The zero-order valence-electron chi connectivity index (χ0n) is 8.52. The Bertz CT molecular complexity index is 400. The highest BCUT2D eigenvalue weighted by molar-refractivity contribution is 5.66. The van der Waals surface area contributed by atoms with Gasteiger partial charge in [-0.15, -0.1) is 0 Å².